The molecule has 0 amide bonds. The van der Waals surface area contributed by atoms with E-state index in [2.05, 4.69) is 10.1 Å². The van der Waals surface area contributed by atoms with Gasteiger partial charge in [-0.05, 0) is 29.1 Å². The molecule has 0 saturated carbocycles. The van der Waals surface area contributed by atoms with Crippen molar-refractivity contribution in [3.05, 3.63) is 52.2 Å². The maximum absolute atomic E-state index is 12.0. The fraction of sp³-hybridized carbons (Fsp3) is 0.286. The van der Waals surface area contributed by atoms with Gasteiger partial charge in [0.25, 0.3) is 0 Å². The Morgan fingerprint density at radius 2 is 1.80 bits per heavy atom. The van der Waals surface area contributed by atoms with Gasteiger partial charge in [-0.1, -0.05) is 18.2 Å². The van der Waals surface area contributed by atoms with Gasteiger partial charge in [-0.3, -0.25) is 0 Å². The van der Waals surface area contributed by atoms with E-state index >= 15 is 0 Å². The molecule has 0 aliphatic rings. The molecule has 0 atom stereocenters. The average molecular weight is 301 g/mol. The van der Waals surface area contributed by atoms with E-state index in [9.17, 15) is 13.2 Å². The number of nitrogens with one attached hydrogen (secondary N) is 1. The number of halogens is 3. The van der Waals surface area contributed by atoms with Crippen LogP contribution in [0.25, 0.3) is 0 Å². The monoisotopic (exact) mass is 301 g/mol. The summed E-state index contributed by atoms with van der Waals surface area (Å²) in [6.45, 7) is 0.185. The van der Waals surface area contributed by atoms with Crippen molar-refractivity contribution < 1.29 is 17.9 Å². The third-order valence-corrected chi connectivity index (χ3v) is 3.41. The summed E-state index contributed by atoms with van der Waals surface area (Å²) in [5, 5.41) is 5.29. The van der Waals surface area contributed by atoms with E-state index < -0.39 is 12.8 Å². The molecule has 1 N–H and O–H groups in total. The first-order chi connectivity index (χ1) is 9.53. The zero-order valence-corrected chi connectivity index (χ0v) is 11.4. The Kier molecular flexibility index (Phi) is 5.03. The van der Waals surface area contributed by atoms with Gasteiger partial charge in [0.15, 0.2) is 6.61 Å². The standard InChI is InChI=1S/C14H14F3NOS/c15-14(16,17)10-19-12-5-3-11(4-6-12)8-18-9-13-2-1-7-20-13/h1-7,18H,8-10H2. The Balaban J connectivity index is 1.76. The molecule has 6 heteroatoms. The molecule has 0 radical (unpaired) electrons. The second-order valence-electron chi connectivity index (χ2n) is 4.23. The van der Waals surface area contributed by atoms with Crippen LogP contribution in [0.5, 0.6) is 5.75 Å². The van der Waals surface area contributed by atoms with Crippen LogP contribution in [0.4, 0.5) is 13.2 Å². The van der Waals surface area contributed by atoms with E-state index in [1.54, 1.807) is 35.6 Å². The van der Waals surface area contributed by atoms with E-state index in [0.717, 1.165) is 12.1 Å². The summed E-state index contributed by atoms with van der Waals surface area (Å²) >= 11 is 1.68. The SMILES string of the molecule is FC(F)(F)COc1ccc(CNCc2cccs2)cc1. The maximum atomic E-state index is 12.0. The van der Waals surface area contributed by atoms with Gasteiger partial charge >= 0.3 is 6.18 Å². The van der Waals surface area contributed by atoms with Gasteiger partial charge in [0.05, 0.1) is 0 Å². The summed E-state index contributed by atoms with van der Waals surface area (Å²) in [5.74, 6) is 0.226. The van der Waals surface area contributed by atoms with E-state index in [-0.39, 0.29) is 5.75 Å². The average Bonchev–Trinajstić information content (AvgIpc) is 2.90. The van der Waals surface area contributed by atoms with Crippen LogP contribution in [0.15, 0.2) is 41.8 Å². The highest BCUT2D eigenvalue weighted by molar-refractivity contribution is 7.09. The lowest BCUT2D eigenvalue weighted by Crippen LogP contribution is -2.19. The Morgan fingerprint density at radius 1 is 1.05 bits per heavy atom. The predicted octanol–water partition coefficient (Wildman–Crippen LogP) is 3.98. The lowest BCUT2D eigenvalue weighted by atomic mass is 10.2. The van der Waals surface area contributed by atoms with Crippen LogP contribution >= 0.6 is 11.3 Å². The molecule has 0 bridgehead atoms. The van der Waals surface area contributed by atoms with Crippen molar-refractivity contribution >= 4 is 11.3 Å². The van der Waals surface area contributed by atoms with Crippen LogP contribution in [-0.4, -0.2) is 12.8 Å². The molecule has 2 rings (SSSR count). The van der Waals surface area contributed by atoms with Gasteiger partial charge in [-0.2, -0.15) is 13.2 Å². The first-order valence-electron chi connectivity index (χ1n) is 6.04. The molecular weight excluding hydrogens is 287 g/mol. The van der Waals surface area contributed by atoms with Crippen molar-refractivity contribution in [1.29, 1.82) is 0 Å². The van der Waals surface area contributed by atoms with Crippen LogP contribution in [0.3, 0.4) is 0 Å². The Hall–Kier alpha value is -1.53. The van der Waals surface area contributed by atoms with Crippen molar-refractivity contribution in [2.45, 2.75) is 19.3 Å². The summed E-state index contributed by atoms with van der Waals surface area (Å²) in [4.78, 5) is 1.25. The molecular formula is C14H14F3NOS. The Labute approximate surface area is 119 Å². The fourth-order valence-electron chi connectivity index (χ4n) is 1.61. The van der Waals surface area contributed by atoms with Gasteiger partial charge in [0.2, 0.25) is 0 Å². The third-order valence-electron chi connectivity index (χ3n) is 2.53. The van der Waals surface area contributed by atoms with E-state index in [1.165, 1.54) is 4.88 Å². The van der Waals surface area contributed by atoms with E-state index in [0.29, 0.717) is 6.54 Å². The largest absolute Gasteiger partial charge is 0.484 e. The normalized spacial score (nSPS) is 11.6. The van der Waals surface area contributed by atoms with Crippen LogP contribution in [0.1, 0.15) is 10.4 Å². The second kappa shape index (κ2) is 6.76. The van der Waals surface area contributed by atoms with Crippen molar-refractivity contribution in [2.75, 3.05) is 6.61 Å². The lowest BCUT2D eigenvalue weighted by Gasteiger charge is -2.09. The van der Waals surface area contributed by atoms with Crippen LogP contribution in [0.2, 0.25) is 0 Å². The highest BCUT2D eigenvalue weighted by Gasteiger charge is 2.28. The minimum atomic E-state index is -4.30. The lowest BCUT2D eigenvalue weighted by molar-refractivity contribution is -0.153. The van der Waals surface area contributed by atoms with Crippen molar-refractivity contribution in [2.24, 2.45) is 0 Å². The van der Waals surface area contributed by atoms with Crippen molar-refractivity contribution in [3.8, 4) is 5.75 Å². The van der Waals surface area contributed by atoms with Crippen molar-refractivity contribution in [3.63, 3.8) is 0 Å². The van der Waals surface area contributed by atoms with Crippen LogP contribution in [-0.2, 0) is 13.1 Å². The number of hydrogen-bond donors (Lipinski definition) is 1. The minimum Gasteiger partial charge on any atom is -0.484 e. The Bertz CT molecular complexity index is 508. The predicted molar refractivity (Wildman–Crippen MR) is 72.9 cm³/mol. The van der Waals surface area contributed by atoms with Gasteiger partial charge in [0, 0.05) is 18.0 Å². The van der Waals surface area contributed by atoms with Gasteiger partial charge < -0.3 is 10.1 Å². The highest BCUT2D eigenvalue weighted by Crippen LogP contribution is 2.18. The molecule has 20 heavy (non-hydrogen) atoms. The van der Waals surface area contributed by atoms with Crippen molar-refractivity contribution in [1.82, 2.24) is 5.32 Å². The smallest absolute Gasteiger partial charge is 0.422 e. The molecule has 0 fully saturated rings. The van der Waals surface area contributed by atoms with Crippen LogP contribution < -0.4 is 10.1 Å². The second-order valence-corrected chi connectivity index (χ2v) is 5.26. The molecule has 0 saturated heterocycles. The molecule has 2 nitrogen and oxygen atoms in total. The molecule has 1 heterocycles. The maximum Gasteiger partial charge on any atom is 0.422 e. The van der Waals surface area contributed by atoms with Gasteiger partial charge in [0.1, 0.15) is 5.75 Å². The van der Waals surface area contributed by atoms with Gasteiger partial charge in [-0.25, -0.2) is 0 Å². The summed E-state index contributed by atoms with van der Waals surface area (Å²) in [6, 6.07) is 10.7. The molecule has 108 valence electrons. The zero-order chi connectivity index (χ0) is 14.4. The van der Waals surface area contributed by atoms with Crippen LogP contribution in [0, 0.1) is 0 Å². The zero-order valence-electron chi connectivity index (χ0n) is 10.6. The Morgan fingerprint density at radius 3 is 2.40 bits per heavy atom. The number of rotatable bonds is 6. The summed E-state index contributed by atoms with van der Waals surface area (Å²) < 4.78 is 40.6. The van der Waals surface area contributed by atoms with E-state index in [4.69, 9.17) is 0 Å². The first-order valence-corrected chi connectivity index (χ1v) is 6.92. The number of thiophene rings is 1. The van der Waals surface area contributed by atoms with Gasteiger partial charge in [-0.15, -0.1) is 11.3 Å². The number of ether oxygens (including phenoxy) is 1. The minimum absolute atomic E-state index is 0.226. The third kappa shape index (κ3) is 5.22. The molecule has 2 aromatic rings. The highest BCUT2D eigenvalue weighted by atomic mass is 32.1. The summed E-state index contributed by atoms with van der Waals surface area (Å²) in [6.07, 6.45) is -4.30. The summed E-state index contributed by atoms with van der Waals surface area (Å²) in [5.41, 5.74) is 1.00. The fourth-order valence-corrected chi connectivity index (χ4v) is 2.29. The number of hydrogen-bond acceptors (Lipinski definition) is 3. The topological polar surface area (TPSA) is 21.3 Å². The molecule has 1 aromatic carbocycles. The number of benzene rings is 1. The molecule has 1 aromatic heterocycles. The van der Waals surface area contributed by atoms with E-state index in [1.807, 2.05) is 17.5 Å². The first kappa shape index (κ1) is 14.9. The summed E-state index contributed by atoms with van der Waals surface area (Å²) in [7, 11) is 0. The molecule has 0 aliphatic carbocycles. The molecule has 0 unspecified atom stereocenters. The molecule has 0 aliphatic heterocycles. The quantitative estimate of drug-likeness (QED) is 0.871. The molecule has 0 spiro atoms. The number of alkyl halides is 3.